The molecule has 0 aliphatic carbocycles. The molecule has 2 atom stereocenters. The molecule has 0 fully saturated rings. The summed E-state index contributed by atoms with van der Waals surface area (Å²) in [6, 6.07) is 6.62. The molecule has 0 aliphatic rings. The van der Waals surface area contributed by atoms with Crippen molar-refractivity contribution in [3.63, 3.8) is 0 Å². The molecule has 1 N–H and O–H groups in total. The molecule has 0 aromatic heterocycles. The molecule has 108 valence electrons. The van der Waals surface area contributed by atoms with E-state index in [0.29, 0.717) is 12.0 Å². The van der Waals surface area contributed by atoms with Gasteiger partial charge in [-0.15, -0.1) is 0 Å². The van der Waals surface area contributed by atoms with E-state index in [0.717, 1.165) is 23.2 Å². The van der Waals surface area contributed by atoms with Gasteiger partial charge in [0.25, 0.3) is 0 Å². The second kappa shape index (κ2) is 7.91. The molecule has 1 aromatic carbocycles. The summed E-state index contributed by atoms with van der Waals surface area (Å²) in [6.45, 7) is 11.9. The fraction of sp³-hybridized carbons (Fsp3) is 0.625. The summed E-state index contributed by atoms with van der Waals surface area (Å²) in [5.74, 6) is 1.45. The van der Waals surface area contributed by atoms with Gasteiger partial charge in [-0.05, 0) is 50.4 Å². The Kier molecular flexibility index (Phi) is 6.87. The normalized spacial score (nSPS) is 14.5. The quantitative estimate of drug-likeness (QED) is 0.766. The highest BCUT2D eigenvalue weighted by atomic mass is 79.9. The molecule has 0 aliphatic heterocycles. The summed E-state index contributed by atoms with van der Waals surface area (Å²) in [5.41, 5.74) is 1.28. The van der Waals surface area contributed by atoms with Gasteiger partial charge in [-0.25, -0.2) is 0 Å². The van der Waals surface area contributed by atoms with E-state index in [-0.39, 0.29) is 6.10 Å². The van der Waals surface area contributed by atoms with Crippen LogP contribution in [0.2, 0.25) is 0 Å². The van der Waals surface area contributed by atoms with Gasteiger partial charge >= 0.3 is 0 Å². The molecule has 0 saturated heterocycles. The molecule has 1 aromatic rings. The Hall–Kier alpha value is -0.540. The second-order valence-corrected chi connectivity index (χ2v) is 6.28. The highest BCUT2D eigenvalue weighted by Gasteiger charge is 2.12. The molecule has 2 unspecified atom stereocenters. The van der Waals surface area contributed by atoms with E-state index in [1.54, 1.807) is 0 Å². The Bertz CT molecular complexity index is 392. The zero-order valence-electron chi connectivity index (χ0n) is 12.7. The largest absolute Gasteiger partial charge is 0.490 e. The number of halogens is 1. The molecule has 0 radical (unpaired) electrons. The third kappa shape index (κ3) is 5.15. The Morgan fingerprint density at radius 1 is 1.21 bits per heavy atom. The van der Waals surface area contributed by atoms with Crippen LogP contribution in [0, 0.1) is 5.92 Å². The first-order chi connectivity index (χ1) is 8.95. The Morgan fingerprint density at radius 2 is 1.89 bits per heavy atom. The molecule has 0 spiro atoms. The highest BCUT2D eigenvalue weighted by molar-refractivity contribution is 9.10. The third-order valence-electron chi connectivity index (χ3n) is 3.40. The summed E-state index contributed by atoms with van der Waals surface area (Å²) < 4.78 is 7.03. The zero-order chi connectivity index (χ0) is 14.4. The topological polar surface area (TPSA) is 21.3 Å². The van der Waals surface area contributed by atoms with Crippen molar-refractivity contribution in [2.75, 3.05) is 6.54 Å². The van der Waals surface area contributed by atoms with Crippen molar-refractivity contribution < 1.29 is 4.74 Å². The number of benzene rings is 1. The summed E-state index contributed by atoms with van der Waals surface area (Å²) in [7, 11) is 0. The lowest BCUT2D eigenvalue weighted by Gasteiger charge is -2.20. The highest BCUT2D eigenvalue weighted by Crippen LogP contribution is 2.28. The molecular weight excluding hydrogens is 302 g/mol. The van der Waals surface area contributed by atoms with E-state index >= 15 is 0 Å². The first kappa shape index (κ1) is 16.5. The summed E-state index contributed by atoms with van der Waals surface area (Å²) >= 11 is 3.65. The van der Waals surface area contributed by atoms with Gasteiger partial charge in [0.05, 0.1) is 6.10 Å². The number of hydrogen-bond acceptors (Lipinski definition) is 2. The maximum Gasteiger partial charge on any atom is 0.120 e. The van der Waals surface area contributed by atoms with E-state index in [1.165, 1.54) is 5.56 Å². The fourth-order valence-electron chi connectivity index (χ4n) is 1.75. The van der Waals surface area contributed by atoms with E-state index in [2.05, 4.69) is 74.1 Å². The molecule has 0 amide bonds. The Labute approximate surface area is 126 Å². The minimum atomic E-state index is 0.230. The van der Waals surface area contributed by atoms with Crippen molar-refractivity contribution in [2.24, 2.45) is 5.92 Å². The van der Waals surface area contributed by atoms with Crippen LogP contribution in [0.3, 0.4) is 0 Å². The van der Waals surface area contributed by atoms with E-state index in [4.69, 9.17) is 4.74 Å². The average molecular weight is 328 g/mol. The SMILES string of the molecule is CCCNC(C)c1ccc(OC(C)C(C)C)cc1Br. The van der Waals surface area contributed by atoms with Gasteiger partial charge < -0.3 is 10.1 Å². The van der Waals surface area contributed by atoms with Crippen LogP contribution in [0.4, 0.5) is 0 Å². The maximum atomic E-state index is 5.92. The first-order valence-electron chi connectivity index (χ1n) is 7.15. The molecule has 0 saturated carbocycles. The van der Waals surface area contributed by atoms with Gasteiger partial charge in [-0.3, -0.25) is 0 Å². The molecule has 3 heteroatoms. The number of ether oxygens (including phenoxy) is 1. The minimum absolute atomic E-state index is 0.230. The molecule has 1 rings (SSSR count). The van der Waals surface area contributed by atoms with Crippen molar-refractivity contribution in [1.82, 2.24) is 5.32 Å². The second-order valence-electron chi connectivity index (χ2n) is 5.43. The van der Waals surface area contributed by atoms with Crippen LogP contribution in [0.15, 0.2) is 22.7 Å². The van der Waals surface area contributed by atoms with Crippen molar-refractivity contribution in [3.8, 4) is 5.75 Å². The van der Waals surface area contributed by atoms with Crippen LogP contribution < -0.4 is 10.1 Å². The minimum Gasteiger partial charge on any atom is -0.490 e. The lowest BCUT2D eigenvalue weighted by molar-refractivity contribution is 0.170. The maximum absolute atomic E-state index is 5.92. The monoisotopic (exact) mass is 327 g/mol. The van der Waals surface area contributed by atoms with Crippen molar-refractivity contribution >= 4 is 15.9 Å². The van der Waals surface area contributed by atoms with Crippen LogP contribution in [0.5, 0.6) is 5.75 Å². The van der Waals surface area contributed by atoms with Gasteiger partial charge in [-0.2, -0.15) is 0 Å². The molecule has 2 nitrogen and oxygen atoms in total. The van der Waals surface area contributed by atoms with Crippen LogP contribution in [-0.4, -0.2) is 12.6 Å². The van der Waals surface area contributed by atoms with Crippen molar-refractivity contribution in [1.29, 1.82) is 0 Å². The molecular formula is C16H26BrNO. The van der Waals surface area contributed by atoms with Crippen molar-refractivity contribution in [2.45, 2.75) is 53.2 Å². The van der Waals surface area contributed by atoms with Crippen molar-refractivity contribution in [3.05, 3.63) is 28.2 Å². The average Bonchev–Trinajstić information content (AvgIpc) is 2.35. The van der Waals surface area contributed by atoms with E-state index < -0.39 is 0 Å². The molecule has 0 bridgehead atoms. The van der Waals surface area contributed by atoms with E-state index in [1.807, 2.05) is 0 Å². The molecule has 0 heterocycles. The van der Waals surface area contributed by atoms with Crippen LogP contribution in [0.1, 0.15) is 52.6 Å². The van der Waals surface area contributed by atoms with Crippen LogP contribution in [-0.2, 0) is 0 Å². The smallest absolute Gasteiger partial charge is 0.120 e. The Balaban J connectivity index is 2.74. The van der Waals surface area contributed by atoms with Gasteiger partial charge in [0.2, 0.25) is 0 Å². The van der Waals surface area contributed by atoms with Crippen LogP contribution in [0.25, 0.3) is 0 Å². The van der Waals surface area contributed by atoms with Gasteiger partial charge in [0.1, 0.15) is 5.75 Å². The standard InChI is InChI=1S/C16H26BrNO/c1-6-9-18-12(4)15-8-7-14(10-16(15)17)19-13(5)11(2)3/h7-8,10-13,18H,6,9H2,1-5H3. The number of rotatable bonds is 7. The predicted molar refractivity (Wildman–Crippen MR) is 85.8 cm³/mol. The van der Waals surface area contributed by atoms with E-state index in [9.17, 15) is 0 Å². The van der Waals surface area contributed by atoms with Crippen LogP contribution >= 0.6 is 15.9 Å². The lowest BCUT2D eigenvalue weighted by atomic mass is 10.1. The summed E-state index contributed by atoms with van der Waals surface area (Å²) in [5, 5.41) is 3.50. The van der Waals surface area contributed by atoms with Gasteiger partial charge in [0.15, 0.2) is 0 Å². The lowest BCUT2D eigenvalue weighted by Crippen LogP contribution is -2.20. The number of nitrogens with one attached hydrogen (secondary N) is 1. The third-order valence-corrected chi connectivity index (χ3v) is 4.09. The zero-order valence-corrected chi connectivity index (χ0v) is 14.3. The van der Waals surface area contributed by atoms with Gasteiger partial charge in [0, 0.05) is 10.5 Å². The fourth-order valence-corrected chi connectivity index (χ4v) is 2.46. The van der Waals surface area contributed by atoms with Gasteiger partial charge in [-0.1, -0.05) is 42.8 Å². The first-order valence-corrected chi connectivity index (χ1v) is 7.94. The summed E-state index contributed by atoms with van der Waals surface area (Å²) in [6.07, 6.45) is 1.38. The predicted octanol–water partition coefficient (Wildman–Crippen LogP) is 4.93. The number of hydrogen-bond donors (Lipinski definition) is 1. The Morgan fingerprint density at radius 3 is 2.42 bits per heavy atom. The molecule has 19 heavy (non-hydrogen) atoms. The summed E-state index contributed by atoms with van der Waals surface area (Å²) in [4.78, 5) is 0.